The second-order valence-electron chi connectivity index (χ2n) is 6.72. The molecule has 0 bridgehead atoms. The highest BCUT2D eigenvalue weighted by Crippen LogP contribution is 2.23. The lowest BCUT2D eigenvalue weighted by Gasteiger charge is -2.38. The van der Waals surface area contributed by atoms with Crippen LogP contribution in [0.2, 0.25) is 0 Å². The van der Waals surface area contributed by atoms with E-state index < -0.39 is 0 Å². The van der Waals surface area contributed by atoms with E-state index in [0.29, 0.717) is 0 Å². The molecule has 2 rings (SSSR count). The molecule has 1 fully saturated rings. The minimum atomic E-state index is 0.856. The van der Waals surface area contributed by atoms with Gasteiger partial charge in [-0.2, -0.15) is 0 Å². The van der Waals surface area contributed by atoms with Gasteiger partial charge < -0.3 is 19.9 Å². The highest BCUT2D eigenvalue weighted by molar-refractivity contribution is 5.80. The fourth-order valence-electron chi connectivity index (χ4n) is 3.32. The Hall–Kier alpha value is -1.75. The van der Waals surface area contributed by atoms with Crippen LogP contribution in [0.15, 0.2) is 23.2 Å². The number of methoxy groups -OCH3 is 1. The van der Waals surface area contributed by atoms with Gasteiger partial charge in [-0.1, -0.05) is 12.1 Å². The van der Waals surface area contributed by atoms with Gasteiger partial charge in [-0.15, -0.1) is 0 Å². The third-order valence-corrected chi connectivity index (χ3v) is 5.02. The molecule has 1 heterocycles. The van der Waals surface area contributed by atoms with E-state index in [2.05, 4.69) is 52.2 Å². The van der Waals surface area contributed by atoms with E-state index >= 15 is 0 Å². The van der Waals surface area contributed by atoms with Crippen LogP contribution in [0.25, 0.3) is 0 Å². The summed E-state index contributed by atoms with van der Waals surface area (Å²) in [5, 5.41) is 3.51. The largest absolute Gasteiger partial charge is 0.385 e. The van der Waals surface area contributed by atoms with Crippen LogP contribution >= 0.6 is 0 Å². The van der Waals surface area contributed by atoms with Crippen molar-refractivity contribution in [2.24, 2.45) is 4.99 Å². The number of rotatable bonds is 7. The lowest BCUT2D eigenvalue weighted by molar-refractivity contribution is 0.192. The second kappa shape index (κ2) is 10.3. The number of nitrogens with zero attached hydrogens (tertiary/aromatic N) is 3. The maximum absolute atomic E-state index is 5.09. The molecule has 0 radical (unpaired) electrons. The van der Waals surface area contributed by atoms with Gasteiger partial charge in [0.05, 0.1) is 0 Å². The number of ether oxygens (including phenoxy) is 1. The van der Waals surface area contributed by atoms with E-state index in [1.165, 1.54) is 23.2 Å². The molecule has 1 aliphatic rings. The summed E-state index contributed by atoms with van der Waals surface area (Å²) < 4.78 is 5.09. The Bertz CT molecular complexity index is 551. The number of anilines is 1. The molecule has 1 N–H and O–H groups in total. The molecule has 0 aromatic heterocycles. The van der Waals surface area contributed by atoms with E-state index in [9.17, 15) is 0 Å². The van der Waals surface area contributed by atoms with Crippen molar-refractivity contribution in [1.82, 2.24) is 10.2 Å². The number of unbranched alkanes of at least 4 members (excludes halogenated alkanes) is 2. The summed E-state index contributed by atoms with van der Waals surface area (Å²) in [4.78, 5) is 9.33. The number of aryl methyl sites for hydroxylation is 1. The predicted octanol–water partition coefficient (Wildman–Crippen LogP) is 2.82. The van der Waals surface area contributed by atoms with E-state index in [1.807, 2.05) is 7.05 Å². The van der Waals surface area contributed by atoms with Gasteiger partial charge >= 0.3 is 0 Å². The molecule has 5 heteroatoms. The summed E-state index contributed by atoms with van der Waals surface area (Å²) in [6, 6.07) is 6.59. The Morgan fingerprint density at radius 1 is 1.12 bits per heavy atom. The van der Waals surface area contributed by atoms with E-state index in [1.54, 1.807) is 7.11 Å². The van der Waals surface area contributed by atoms with Crippen LogP contribution in [0.5, 0.6) is 0 Å². The molecule has 0 unspecified atom stereocenters. The normalized spacial score (nSPS) is 15.6. The van der Waals surface area contributed by atoms with E-state index in [-0.39, 0.29) is 0 Å². The Kier molecular flexibility index (Phi) is 8.06. The third-order valence-electron chi connectivity index (χ3n) is 5.02. The highest BCUT2D eigenvalue weighted by Gasteiger charge is 2.20. The standard InChI is InChI=1S/C20H34N4O/c1-17-9-8-10-19(18(17)2)23-12-14-24(15-13-23)20(21-3)22-11-6-5-7-16-25-4/h8-10H,5-7,11-16H2,1-4H3,(H,21,22). The van der Waals surface area contributed by atoms with Crippen molar-refractivity contribution < 1.29 is 4.74 Å². The molecule has 0 spiro atoms. The predicted molar refractivity (Wildman–Crippen MR) is 107 cm³/mol. The van der Waals surface area contributed by atoms with E-state index in [0.717, 1.165) is 58.1 Å². The van der Waals surface area contributed by atoms with Crippen LogP contribution in [-0.4, -0.2) is 64.3 Å². The third kappa shape index (κ3) is 5.63. The summed E-state index contributed by atoms with van der Waals surface area (Å²) in [5.41, 5.74) is 4.14. The minimum absolute atomic E-state index is 0.856. The lowest BCUT2D eigenvalue weighted by Crippen LogP contribution is -2.52. The smallest absolute Gasteiger partial charge is 0.193 e. The Morgan fingerprint density at radius 2 is 1.88 bits per heavy atom. The fourth-order valence-corrected chi connectivity index (χ4v) is 3.32. The van der Waals surface area contributed by atoms with Crippen molar-refractivity contribution in [2.75, 3.05) is 58.4 Å². The number of nitrogens with one attached hydrogen (secondary N) is 1. The van der Waals surface area contributed by atoms with Gasteiger partial charge in [0.1, 0.15) is 0 Å². The molecule has 0 atom stereocenters. The van der Waals surface area contributed by atoms with Gasteiger partial charge in [0.15, 0.2) is 5.96 Å². The maximum Gasteiger partial charge on any atom is 0.193 e. The minimum Gasteiger partial charge on any atom is -0.385 e. The first-order valence-corrected chi connectivity index (χ1v) is 9.43. The molecule has 1 aromatic carbocycles. The summed E-state index contributed by atoms with van der Waals surface area (Å²) in [6.45, 7) is 10.3. The maximum atomic E-state index is 5.09. The van der Waals surface area contributed by atoms with Gasteiger partial charge in [0.25, 0.3) is 0 Å². The average Bonchev–Trinajstić information content (AvgIpc) is 2.64. The number of aliphatic imine (C=N–C) groups is 1. The number of piperazine rings is 1. The Morgan fingerprint density at radius 3 is 2.56 bits per heavy atom. The van der Waals surface area contributed by atoms with Crippen molar-refractivity contribution in [3.05, 3.63) is 29.3 Å². The summed E-state index contributed by atoms with van der Waals surface area (Å²) in [7, 11) is 3.64. The first-order chi connectivity index (χ1) is 12.2. The van der Waals surface area contributed by atoms with Crippen molar-refractivity contribution in [3.8, 4) is 0 Å². The Labute approximate surface area is 153 Å². The topological polar surface area (TPSA) is 40.1 Å². The lowest BCUT2D eigenvalue weighted by atomic mass is 10.1. The summed E-state index contributed by atoms with van der Waals surface area (Å²) >= 11 is 0. The number of hydrogen-bond acceptors (Lipinski definition) is 3. The van der Waals surface area contributed by atoms with Gasteiger partial charge in [0, 0.05) is 59.2 Å². The molecule has 5 nitrogen and oxygen atoms in total. The molecule has 0 saturated carbocycles. The molecule has 25 heavy (non-hydrogen) atoms. The van der Waals surface area contributed by atoms with Crippen LogP contribution < -0.4 is 10.2 Å². The first kappa shape index (κ1) is 19.6. The highest BCUT2D eigenvalue weighted by atomic mass is 16.5. The molecular formula is C20H34N4O. The number of benzene rings is 1. The zero-order chi connectivity index (χ0) is 18.1. The van der Waals surface area contributed by atoms with Crippen molar-refractivity contribution >= 4 is 11.6 Å². The zero-order valence-electron chi connectivity index (χ0n) is 16.3. The van der Waals surface area contributed by atoms with Crippen LogP contribution in [0.4, 0.5) is 5.69 Å². The second-order valence-corrected chi connectivity index (χ2v) is 6.72. The van der Waals surface area contributed by atoms with Crippen LogP contribution in [0.1, 0.15) is 30.4 Å². The van der Waals surface area contributed by atoms with Crippen molar-refractivity contribution in [3.63, 3.8) is 0 Å². The van der Waals surface area contributed by atoms with Crippen molar-refractivity contribution in [1.29, 1.82) is 0 Å². The van der Waals surface area contributed by atoms with Gasteiger partial charge in [-0.05, 0) is 50.3 Å². The molecule has 1 saturated heterocycles. The fraction of sp³-hybridized carbons (Fsp3) is 0.650. The monoisotopic (exact) mass is 346 g/mol. The molecule has 140 valence electrons. The SMILES string of the molecule is CN=C(NCCCCCOC)N1CCN(c2cccc(C)c2C)CC1. The van der Waals surface area contributed by atoms with Gasteiger partial charge in [-0.25, -0.2) is 0 Å². The molecule has 0 aliphatic carbocycles. The average molecular weight is 347 g/mol. The molecular weight excluding hydrogens is 312 g/mol. The molecule has 1 aliphatic heterocycles. The number of guanidine groups is 1. The molecule has 1 aromatic rings. The van der Waals surface area contributed by atoms with Gasteiger partial charge in [-0.3, -0.25) is 4.99 Å². The first-order valence-electron chi connectivity index (χ1n) is 9.43. The summed E-state index contributed by atoms with van der Waals surface area (Å²) in [6.07, 6.45) is 3.48. The van der Waals surface area contributed by atoms with Crippen molar-refractivity contribution in [2.45, 2.75) is 33.1 Å². The Balaban J connectivity index is 1.79. The molecule has 0 amide bonds. The van der Waals surface area contributed by atoms with Crippen LogP contribution in [0.3, 0.4) is 0 Å². The van der Waals surface area contributed by atoms with Crippen LogP contribution in [-0.2, 0) is 4.74 Å². The quantitative estimate of drug-likeness (QED) is 0.468. The summed E-state index contributed by atoms with van der Waals surface area (Å²) in [5.74, 6) is 1.03. The van der Waals surface area contributed by atoms with E-state index in [4.69, 9.17) is 4.74 Å². The van der Waals surface area contributed by atoms with Crippen LogP contribution in [0, 0.1) is 13.8 Å². The van der Waals surface area contributed by atoms with Gasteiger partial charge in [0.2, 0.25) is 0 Å². The number of hydrogen-bond donors (Lipinski definition) is 1. The zero-order valence-corrected chi connectivity index (χ0v) is 16.3.